The number of hydrogen-bond acceptors (Lipinski definition) is 4. The molecule has 2 N–H and O–H groups in total. The summed E-state index contributed by atoms with van der Waals surface area (Å²) in [5.74, 6) is 0.337. The lowest BCUT2D eigenvalue weighted by atomic mass is 10.2. The van der Waals surface area contributed by atoms with Crippen LogP contribution in [-0.4, -0.2) is 24.2 Å². The molecule has 1 aromatic carbocycles. The van der Waals surface area contributed by atoms with Gasteiger partial charge < -0.3 is 19.6 Å². The molecule has 1 aromatic heterocycles. The first kappa shape index (κ1) is 15.1. The maximum absolute atomic E-state index is 10.7. The number of hydrogen-bond donors (Lipinski definition) is 2. The number of benzene rings is 1. The molecule has 1 heterocycles. The van der Waals surface area contributed by atoms with Gasteiger partial charge >= 0.3 is 5.97 Å². The van der Waals surface area contributed by atoms with Gasteiger partial charge in [-0.05, 0) is 43.7 Å². The van der Waals surface area contributed by atoms with Crippen LogP contribution in [0.1, 0.15) is 34.8 Å². The summed E-state index contributed by atoms with van der Waals surface area (Å²) in [6.07, 6.45) is 0. The summed E-state index contributed by atoms with van der Waals surface area (Å²) in [4.78, 5) is 10.7. The van der Waals surface area contributed by atoms with Gasteiger partial charge in [-0.2, -0.15) is 0 Å². The Morgan fingerprint density at radius 3 is 2.86 bits per heavy atom. The molecule has 0 amide bonds. The number of carboxylic acid groups (broad SMARTS) is 1. The highest BCUT2D eigenvalue weighted by atomic mass is 16.5. The summed E-state index contributed by atoms with van der Waals surface area (Å²) in [6.45, 7) is 5.10. The highest BCUT2D eigenvalue weighted by Gasteiger charge is 2.13. The SMILES string of the molecule is Cc1cccc(OCCNC(C)c2ccc(C(=O)O)o2)c1. The van der Waals surface area contributed by atoms with Crippen molar-refractivity contribution >= 4 is 5.97 Å². The number of aryl methyl sites for hydroxylation is 1. The minimum atomic E-state index is -1.06. The first-order valence-corrected chi connectivity index (χ1v) is 6.82. The lowest BCUT2D eigenvalue weighted by molar-refractivity contribution is 0.0659. The topological polar surface area (TPSA) is 71.7 Å². The Morgan fingerprint density at radius 1 is 1.38 bits per heavy atom. The zero-order valence-corrected chi connectivity index (χ0v) is 12.1. The summed E-state index contributed by atoms with van der Waals surface area (Å²) in [5, 5.41) is 12.0. The fourth-order valence-electron chi connectivity index (χ4n) is 1.95. The van der Waals surface area contributed by atoms with Gasteiger partial charge in [-0.15, -0.1) is 0 Å². The number of nitrogens with one attached hydrogen (secondary N) is 1. The summed E-state index contributed by atoms with van der Waals surface area (Å²) < 4.78 is 10.9. The second-order valence-electron chi connectivity index (χ2n) is 4.85. The van der Waals surface area contributed by atoms with Crippen LogP contribution < -0.4 is 10.1 Å². The van der Waals surface area contributed by atoms with E-state index >= 15 is 0 Å². The molecule has 0 saturated heterocycles. The molecule has 0 radical (unpaired) electrons. The van der Waals surface area contributed by atoms with Crippen molar-refractivity contribution in [1.29, 1.82) is 0 Å². The van der Waals surface area contributed by atoms with Crippen LogP contribution in [0, 0.1) is 6.92 Å². The third-order valence-electron chi connectivity index (χ3n) is 3.08. The number of carboxylic acids is 1. The number of furan rings is 1. The molecule has 2 rings (SSSR count). The second kappa shape index (κ2) is 6.95. The van der Waals surface area contributed by atoms with Crippen molar-refractivity contribution in [2.75, 3.05) is 13.2 Å². The highest BCUT2D eigenvalue weighted by molar-refractivity contribution is 5.84. The molecule has 0 aliphatic carbocycles. The van der Waals surface area contributed by atoms with Crippen LogP contribution in [0.5, 0.6) is 5.75 Å². The monoisotopic (exact) mass is 289 g/mol. The molecule has 5 nitrogen and oxygen atoms in total. The average Bonchev–Trinajstić information content (AvgIpc) is 2.93. The smallest absolute Gasteiger partial charge is 0.371 e. The molecule has 5 heteroatoms. The van der Waals surface area contributed by atoms with Crippen LogP contribution in [0.3, 0.4) is 0 Å². The summed E-state index contributed by atoms with van der Waals surface area (Å²) in [7, 11) is 0. The van der Waals surface area contributed by atoms with E-state index in [-0.39, 0.29) is 11.8 Å². The van der Waals surface area contributed by atoms with Crippen LogP contribution >= 0.6 is 0 Å². The molecule has 2 aromatic rings. The van der Waals surface area contributed by atoms with E-state index in [0.29, 0.717) is 18.9 Å². The van der Waals surface area contributed by atoms with E-state index < -0.39 is 5.97 Å². The van der Waals surface area contributed by atoms with E-state index in [1.807, 2.05) is 38.1 Å². The third kappa shape index (κ3) is 4.36. The van der Waals surface area contributed by atoms with E-state index in [1.54, 1.807) is 6.07 Å². The standard InChI is InChI=1S/C16H19NO4/c1-11-4-3-5-13(10-11)20-9-8-17-12(2)14-6-7-15(21-14)16(18)19/h3-7,10,12,17H,8-9H2,1-2H3,(H,18,19). The largest absolute Gasteiger partial charge is 0.492 e. The summed E-state index contributed by atoms with van der Waals surface area (Å²) >= 11 is 0. The number of ether oxygens (including phenoxy) is 1. The molecule has 0 spiro atoms. The van der Waals surface area contributed by atoms with Crippen LogP contribution in [0.25, 0.3) is 0 Å². The highest BCUT2D eigenvalue weighted by Crippen LogP contribution is 2.16. The van der Waals surface area contributed by atoms with Gasteiger partial charge in [0.2, 0.25) is 5.76 Å². The van der Waals surface area contributed by atoms with Crippen molar-refractivity contribution in [3.63, 3.8) is 0 Å². The van der Waals surface area contributed by atoms with E-state index in [9.17, 15) is 4.79 Å². The Hall–Kier alpha value is -2.27. The van der Waals surface area contributed by atoms with Crippen molar-refractivity contribution in [3.8, 4) is 5.75 Å². The maximum atomic E-state index is 10.7. The van der Waals surface area contributed by atoms with Crippen LogP contribution in [0.4, 0.5) is 0 Å². The molecule has 0 saturated carbocycles. The molecule has 0 aliphatic heterocycles. The molecule has 0 bridgehead atoms. The molecule has 0 aliphatic rings. The van der Waals surface area contributed by atoms with E-state index in [2.05, 4.69) is 5.32 Å². The number of carbonyl (C=O) groups is 1. The van der Waals surface area contributed by atoms with Gasteiger partial charge in [0.15, 0.2) is 0 Å². The fourth-order valence-corrected chi connectivity index (χ4v) is 1.95. The van der Waals surface area contributed by atoms with Crippen LogP contribution in [0.2, 0.25) is 0 Å². The lowest BCUT2D eigenvalue weighted by Crippen LogP contribution is -2.24. The zero-order valence-electron chi connectivity index (χ0n) is 12.1. The van der Waals surface area contributed by atoms with E-state index in [1.165, 1.54) is 6.07 Å². The Kier molecular flexibility index (Phi) is 5.00. The van der Waals surface area contributed by atoms with Gasteiger partial charge in [-0.1, -0.05) is 12.1 Å². The lowest BCUT2D eigenvalue weighted by Gasteiger charge is -2.12. The predicted octanol–water partition coefficient (Wildman–Crippen LogP) is 3.02. The molecule has 112 valence electrons. The van der Waals surface area contributed by atoms with E-state index in [0.717, 1.165) is 11.3 Å². The van der Waals surface area contributed by atoms with Crippen molar-refractivity contribution in [2.24, 2.45) is 0 Å². The molecule has 21 heavy (non-hydrogen) atoms. The molecule has 0 fully saturated rings. The number of aromatic carboxylic acids is 1. The van der Waals surface area contributed by atoms with E-state index in [4.69, 9.17) is 14.3 Å². The first-order chi connectivity index (χ1) is 10.1. The van der Waals surface area contributed by atoms with Gasteiger partial charge in [0.1, 0.15) is 18.1 Å². The minimum absolute atomic E-state index is 0.0466. The molecular formula is C16H19NO4. The van der Waals surface area contributed by atoms with Gasteiger partial charge in [0.05, 0.1) is 6.04 Å². The van der Waals surface area contributed by atoms with Gasteiger partial charge in [-0.3, -0.25) is 0 Å². The summed E-state index contributed by atoms with van der Waals surface area (Å²) in [6, 6.07) is 10.9. The average molecular weight is 289 g/mol. The molecule has 1 atom stereocenters. The maximum Gasteiger partial charge on any atom is 0.371 e. The Morgan fingerprint density at radius 2 is 2.19 bits per heavy atom. The normalized spacial score (nSPS) is 12.1. The fraction of sp³-hybridized carbons (Fsp3) is 0.312. The van der Waals surface area contributed by atoms with Crippen molar-refractivity contribution in [3.05, 3.63) is 53.5 Å². The third-order valence-corrected chi connectivity index (χ3v) is 3.08. The molecule has 1 unspecified atom stereocenters. The predicted molar refractivity (Wildman–Crippen MR) is 78.8 cm³/mol. The van der Waals surface area contributed by atoms with Gasteiger partial charge in [-0.25, -0.2) is 4.79 Å². The quantitative estimate of drug-likeness (QED) is 0.767. The van der Waals surface area contributed by atoms with Crippen molar-refractivity contribution < 1.29 is 19.1 Å². The summed E-state index contributed by atoms with van der Waals surface area (Å²) in [5.41, 5.74) is 1.16. The Balaban J connectivity index is 1.76. The number of rotatable bonds is 7. The van der Waals surface area contributed by atoms with Crippen LogP contribution in [-0.2, 0) is 0 Å². The first-order valence-electron chi connectivity index (χ1n) is 6.82. The van der Waals surface area contributed by atoms with Crippen molar-refractivity contribution in [1.82, 2.24) is 5.32 Å². The molecular weight excluding hydrogens is 270 g/mol. The zero-order chi connectivity index (χ0) is 15.2. The van der Waals surface area contributed by atoms with Gasteiger partial charge in [0.25, 0.3) is 0 Å². The van der Waals surface area contributed by atoms with Crippen LogP contribution in [0.15, 0.2) is 40.8 Å². The van der Waals surface area contributed by atoms with Gasteiger partial charge in [0, 0.05) is 6.54 Å². The minimum Gasteiger partial charge on any atom is -0.492 e. The Labute approximate surface area is 123 Å². The second-order valence-corrected chi connectivity index (χ2v) is 4.85. The Bertz CT molecular complexity index is 606. The van der Waals surface area contributed by atoms with Crippen molar-refractivity contribution in [2.45, 2.75) is 19.9 Å².